The lowest BCUT2D eigenvalue weighted by molar-refractivity contribution is -0.126. The number of methoxy groups -OCH3 is 2. The minimum atomic E-state index is -0.592. The lowest BCUT2D eigenvalue weighted by Crippen LogP contribution is -2.34. The quantitative estimate of drug-likeness (QED) is 0.0451. The largest absolute Gasteiger partial charge is 0.493 e. The lowest BCUT2D eigenvalue weighted by atomic mass is 10.0. The maximum atomic E-state index is 13.0. The number of nitrogens with zero attached hydrogens (tertiary/aromatic N) is 1. The molecule has 0 radical (unpaired) electrons. The summed E-state index contributed by atoms with van der Waals surface area (Å²) in [6.45, 7) is 2.06. The zero-order chi connectivity index (χ0) is 32.3. The molecule has 9 nitrogen and oxygen atoms in total. The van der Waals surface area contributed by atoms with Crippen LogP contribution in [0.4, 0.5) is 0 Å². The van der Waals surface area contributed by atoms with Crippen molar-refractivity contribution >= 4 is 34.8 Å². The number of ether oxygens (including phenoxy) is 3. The molecule has 0 saturated carbocycles. The fourth-order valence-electron chi connectivity index (χ4n) is 5.05. The number of carbonyl (C=O) groups is 3. The summed E-state index contributed by atoms with van der Waals surface area (Å²) in [5.74, 6) is -0.0299. The van der Waals surface area contributed by atoms with Crippen molar-refractivity contribution in [3.05, 3.63) is 65.7 Å². The monoisotopic (exact) mass is 617 g/mol. The van der Waals surface area contributed by atoms with Crippen LogP contribution in [0.3, 0.4) is 0 Å². The molecule has 0 unspecified atom stereocenters. The molecule has 0 bridgehead atoms. The molecule has 3 aromatic rings. The highest BCUT2D eigenvalue weighted by atomic mass is 16.5. The van der Waals surface area contributed by atoms with Crippen LogP contribution in [0.15, 0.2) is 59.7 Å². The summed E-state index contributed by atoms with van der Waals surface area (Å²) in [6, 6.07) is 15.9. The van der Waals surface area contributed by atoms with Crippen LogP contribution in [-0.2, 0) is 9.59 Å². The standard InChI is InChI=1S/C36H47N3O6/c1-4-5-6-7-8-9-10-11-12-13-14-19-34(40)37-26-35(41)39-38-25-30-29-18-16-15-17-27(29)20-22-31(30)45-36(42)28-21-23-32(43-2)33(24-28)44-3/h15-18,20-25H,4-14,19,26H2,1-3H3,(H,37,40)(H,39,41)/b38-25-. The van der Waals surface area contributed by atoms with Gasteiger partial charge in [-0.25, -0.2) is 10.2 Å². The van der Waals surface area contributed by atoms with E-state index in [0.717, 1.165) is 30.0 Å². The Hall–Kier alpha value is -4.40. The summed E-state index contributed by atoms with van der Waals surface area (Å²) in [5, 5.41) is 8.44. The number of hydrogen-bond donors (Lipinski definition) is 2. The topological polar surface area (TPSA) is 115 Å². The molecule has 2 amide bonds. The van der Waals surface area contributed by atoms with Gasteiger partial charge in [-0.3, -0.25) is 9.59 Å². The number of rotatable bonds is 20. The van der Waals surface area contributed by atoms with Gasteiger partial charge in [0.2, 0.25) is 5.91 Å². The second-order valence-corrected chi connectivity index (χ2v) is 11.0. The van der Waals surface area contributed by atoms with Gasteiger partial charge in [-0.2, -0.15) is 5.10 Å². The molecule has 9 heteroatoms. The smallest absolute Gasteiger partial charge is 0.343 e. The van der Waals surface area contributed by atoms with Crippen molar-refractivity contribution in [3.8, 4) is 17.2 Å². The molecule has 0 atom stereocenters. The van der Waals surface area contributed by atoms with Gasteiger partial charge in [0.1, 0.15) is 5.75 Å². The average molecular weight is 618 g/mol. The third kappa shape index (κ3) is 11.9. The second-order valence-electron chi connectivity index (χ2n) is 11.0. The molecule has 0 aliphatic carbocycles. The zero-order valence-electron chi connectivity index (χ0n) is 26.9. The molecule has 0 heterocycles. The van der Waals surface area contributed by atoms with E-state index < -0.39 is 11.9 Å². The van der Waals surface area contributed by atoms with E-state index in [0.29, 0.717) is 23.5 Å². The van der Waals surface area contributed by atoms with Crippen LogP contribution in [0.25, 0.3) is 10.8 Å². The van der Waals surface area contributed by atoms with Gasteiger partial charge < -0.3 is 19.5 Å². The summed E-state index contributed by atoms with van der Waals surface area (Å²) in [5.41, 5.74) is 3.24. The van der Waals surface area contributed by atoms with Crippen LogP contribution in [-0.4, -0.2) is 44.8 Å². The number of fused-ring (bicyclic) bond motifs is 1. The summed E-state index contributed by atoms with van der Waals surface area (Å²) in [6.07, 6.45) is 15.2. The minimum absolute atomic E-state index is 0.150. The van der Waals surface area contributed by atoms with E-state index >= 15 is 0 Å². The Kier molecular flexibility index (Phi) is 15.4. The van der Waals surface area contributed by atoms with E-state index in [4.69, 9.17) is 14.2 Å². The molecule has 0 spiro atoms. The molecule has 3 aromatic carbocycles. The van der Waals surface area contributed by atoms with Crippen molar-refractivity contribution in [1.29, 1.82) is 0 Å². The van der Waals surface area contributed by atoms with Gasteiger partial charge in [0, 0.05) is 12.0 Å². The van der Waals surface area contributed by atoms with Gasteiger partial charge in [-0.1, -0.05) is 101 Å². The van der Waals surface area contributed by atoms with Crippen molar-refractivity contribution in [3.63, 3.8) is 0 Å². The first-order chi connectivity index (χ1) is 22.0. The van der Waals surface area contributed by atoms with Gasteiger partial charge in [-0.05, 0) is 41.5 Å². The fraction of sp³-hybridized carbons (Fsp3) is 0.444. The first-order valence-electron chi connectivity index (χ1n) is 16.0. The normalized spacial score (nSPS) is 11.0. The molecular weight excluding hydrogens is 570 g/mol. The van der Waals surface area contributed by atoms with E-state index in [9.17, 15) is 14.4 Å². The van der Waals surface area contributed by atoms with Crippen molar-refractivity contribution < 1.29 is 28.6 Å². The predicted octanol–water partition coefficient (Wildman–Crippen LogP) is 7.34. The molecule has 3 rings (SSSR count). The lowest BCUT2D eigenvalue weighted by Gasteiger charge is -2.12. The van der Waals surface area contributed by atoms with Crippen LogP contribution < -0.4 is 25.0 Å². The van der Waals surface area contributed by atoms with Gasteiger partial charge in [0.05, 0.1) is 32.5 Å². The summed E-state index contributed by atoms with van der Waals surface area (Å²) >= 11 is 0. The van der Waals surface area contributed by atoms with Gasteiger partial charge in [0.15, 0.2) is 11.5 Å². The number of amides is 2. The van der Waals surface area contributed by atoms with Crippen LogP contribution in [0, 0.1) is 0 Å². The Labute approximate surface area is 266 Å². The third-order valence-corrected chi connectivity index (χ3v) is 7.59. The van der Waals surface area contributed by atoms with Crippen molar-refractivity contribution in [2.75, 3.05) is 20.8 Å². The predicted molar refractivity (Wildman–Crippen MR) is 178 cm³/mol. The number of carbonyl (C=O) groups excluding carboxylic acids is 3. The fourth-order valence-corrected chi connectivity index (χ4v) is 5.05. The van der Waals surface area contributed by atoms with E-state index in [1.54, 1.807) is 24.3 Å². The summed E-state index contributed by atoms with van der Waals surface area (Å²) < 4.78 is 16.3. The molecule has 0 saturated heterocycles. The number of hydrazone groups is 1. The Bertz CT molecular complexity index is 1420. The number of esters is 1. The molecule has 0 aliphatic rings. The second kappa shape index (κ2) is 19.8. The highest BCUT2D eigenvalue weighted by Crippen LogP contribution is 2.30. The zero-order valence-corrected chi connectivity index (χ0v) is 26.9. The summed E-state index contributed by atoms with van der Waals surface area (Å²) in [7, 11) is 3.01. The van der Waals surface area contributed by atoms with Crippen LogP contribution >= 0.6 is 0 Å². The van der Waals surface area contributed by atoms with Crippen LogP contribution in [0.5, 0.6) is 17.2 Å². The molecule has 45 heavy (non-hydrogen) atoms. The number of nitrogens with one attached hydrogen (secondary N) is 2. The Morgan fingerprint density at radius 1 is 0.733 bits per heavy atom. The van der Waals surface area contributed by atoms with E-state index in [1.807, 2.05) is 30.3 Å². The maximum Gasteiger partial charge on any atom is 0.343 e. The number of unbranched alkanes of at least 4 members (excludes halogenated alkanes) is 10. The Morgan fingerprint density at radius 2 is 1.38 bits per heavy atom. The average Bonchev–Trinajstić information content (AvgIpc) is 3.06. The third-order valence-electron chi connectivity index (χ3n) is 7.59. The van der Waals surface area contributed by atoms with Crippen molar-refractivity contribution in [2.24, 2.45) is 5.10 Å². The van der Waals surface area contributed by atoms with E-state index in [2.05, 4.69) is 22.8 Å². The highest BCUT2D eigenvalue weighted by Gasteiger charge is 2.16. The summed E-state index contributed by atoms with van der Waals surface area (Å²) in [4.78, 5) is 37.6. The van der Waals surface area contributed by atoms with Gasteiger partial charge in [0.25, 0.3) is 5.91 Å². The molecular formula is C36H47N3O6. The van der Waals surface area contributed by atoms with E-state index in [-0.39, 0.29) is 23.8 Å². The molecule has 0 fully saturated rings. The minimum Gasteiger partial charge on any atom is -0.493 e. The maximum absolute atomic E-state index is 13.0. The van der Waals surface area contributed by atoms with Crippen LogP contribution in [0.1, 0.15) is 99.9 Å². The number of hydrogen-bond acceptors (Lipinski definition) is 7. The Balaban J connectivity index is 1.47. The van der Waals surface area contributed by atoms with Gasteiger partial charge in [-0.15, -0.1) is 0 Å². The highest BCUT2D eigenvalue weighted by molar-refractivity contribution is 6.04. The Morgan fingerprint density at radius 3 is 2.07 bits per heavy atom. The molecule has 2 N–H and O–H groups in total. The molecule has 0 aliphatic heterocycles. The van der Waals surface area contributed by atoms with Crippen molar-refractivity contribution in [2.45, 2.75) is 84.0 Å². The SMILES string of the molecule is CCCCCCCCCCCCCC(=O)NCC(=O)N/N=C\c1c(OC(=O)c2ccc(OC)c(OC)c2)ccc2ccccc12. The first kappa shape index (κ1) is 35.1. The molecule has 0 aromatic heterocycles. The van der Waals surface area contributed by atoms with Gasteiger partial charge >= 0.3 is 5.97 Å². The first-order valence-corrected chi connectivity index (χ1v) is 16.0. The van der Waals surface area contributed by atoms with Crippen molar-refractivity contribution in [1.82, 2.24) is 10.7 Å². The van der Waals surface area contributed by atoms with E-state index in [1.165, 1.54) is 71.8 Å². The number of benzene rings is 3. The van der Waals surface area contributed by atoms with Crippen LogP contribution in [0.2, 0.25) is 0 Å². The molecule has 242 valence electrons.